The summed E-state index contributed by atoms with van der Waals surface area (Å²) in [6.07, 6.45) is -0.366. The molecule has 0 saturated heterocycles. The molecule has 0 fully saturated rings. The van der Waals surface area contributed by atoms with Crippen LogP contribution in [0.3, 0.4) is 0 Å². The first-order valence-corrected chi connectivity index (χ1v) is 8.95. The largest absolute Gasteiger partial charge is 0.764 e. The van der Waals surface area contributed by atoms with Crippen molar-refractivity contribution in [1.82, 2.24) is 0 Å². The Morgan fingerprint density at radius 3 is 1.68 bits per heavy atom. The minimum Gasteiger partial charge on any atom is -0.340 e. The van der Waals surface area contributed by atoms with Gasteiger partial charge in [0.15, 0.2) is 0 Å². The summed E-state index contributed by atoms with van der Waals surface area (Å²) in [7, 11) is -3.77. The van der Waals surface area contributed by atoms with Gasteiger partial charge in [-0.3, -0.25) is 0 Å². The molecule has 0 radical (unpaired) electrons. The Hall–Kier alpha value is -0.843. The quantitative estimate of drug-likeness (QED) is 0.331. The molecule has 1 rings (SSSR count). The predicted octanol–water partition coefficient (Wildman–Crippen LogP) is 3.10. The third-order valence-electron chi connectivity index (χ3n) is 2.43. The number of benzene rings is 1. The molecule has 8 heteroatoms. The second kappa shape index (κ2) is 10.8. The van der Waals surface area contributed by atoms with Gasteiger partial charge in [-0.15, -0.1) is 0 Å². The molecule has 0 aliphatic carbocycles. The fraction of sp³-hybridized carbons (Fsp3) is 0.571. The van der Waals surface area contributed by atoms with Crippen LogP contribution in [0.25, 0.3) is 0 Å². The van der Waals surface area contributed by atoms with Crippen LogP contribution in [0.15, 0.2) is 30.3 Å². The van der Waals surface area contributed by atoms with Gasteiger partial charge in [0.2, 0.25) is 0 Å². The Bertz CT molecular complexity index is 368. The van der Waals surface area contributed by atoms with E-state index >= 15 is 0 Å². The Balaban J connectivity index is 2.84. The van der Waals surface area contributed by atoms with Crippen molar-refractivity contribution in [3.05, 3.63) is 35.9 Å². The molecular formula is C14H24O7Si. The Morgan fingerprint density at radius 1 is 0.818 bits per heavy atom. The maximum atomic E-state index is 5.83. The van der Waals surface area contributed by atoms with Crippen LogP contribution in [0.5, 0.6) is 0 Å². The van der Waals surface area contributed by atoms with E-state index in [9.17, 15) is 0 Å². The molecule has 0 amide bonds. The van der Waals surface area contributed by atoms with Crippen molar-refractivity contribution < 1.29 is 32.8 Å². The summed E-state index contributed by atoms with van der Waals surface area (Å²) in [6.45, 7) is 8.02. The topological polar surface area (TPSA) is 64.6 Å². The summed E-state index contributed by atoms with van der Waals surface area (Å²) >= 11 is 0. The molecular weight excluding hydrogens is 308 g/mol. The van der Waals surface area contributed by atoms with Gasteiger partial charge in [-0.1, -0.05) is 30.3 Å². The first-order chi connectivity index (χ1) is 10.7. The molecule has 126 valence electrons. The van der Waals surface area contributed by atoms with Crippen LogP contribution < -0.4 is 0 Å². The minimum atomic E-state index is -3.77. The van der Waals surface area contributed by atoms with Crippen molar-refractivity contribution in [1.29, 1.82) is 0 Å². The number of rotatable bonds is 12. The molecule has 0 aliphatic heterocycles. The highest BCUT2D eigenvalue weighted by atomic mass is 28.4. The van der Waals surface area contributed by atoms with E-state index in [4.69, 9.17) is 32.8 Å². The first kappa shape index (κ1) is 19.2. The van der Waals surface area contributed by atoms with E-state index in [0.29, 0.717) is 19.8 Å². The van der Waals surface area contributed by atoms with Crippen LogP contribution in [-0.2, 0) is 32.8 Å². The van der Waals surface area contributed by atoms with E-state index in [-0.39, 0.29) is 6.10 Å². The Kier molecular flexibility index (Phi) is 9.44. The normalized spacial score (nSPS) is 13.3. The van der Waals surface area contributed by atoms with E-state index in [1.54, 1.807) is 20.8 Å². The molecule has 1 aromatic rings. The SMILES string of the molecule is CCOO[Si](OOCC)(OOCC)OC(C)c1ccccc1. The molecule has 1 atom stereocenters. The average molecular weight is 332 g/mol. The van der Waals surface area contributed by atoms with Gasteiger partial charge in [-0.2, -0.15) is 13.7 Å². The third kappa shape index (κ3) is 6.51. The summed E-state index contributed by atoms with van der Waals surface area (Å²) < 4.78 is 21.4. The van der Waals surface area contributed by atoms with Crippen LogP contribution >= 0.6 is 0 Å². The molecule has 0 aliphatic rings. The minimum absolute atomic E-state index is 0.294. The first-order valence-electron chi connectivity index (χ1n) is 7.32. The number of hydrogen-bond donors (Lipinski definition) is 0. The molecule has 0 saturated carbocycles. The van der Waals surface area contributed by atoms with Gasteiger partial charge in [-0.05, 0) is 33.3 Å². The van der Waals surface area contributed by atoms with E-state index in [2.05, 4.69) is 0 Å². The predicted molar refractivity (Wildman–Crippen MR) is 79.8 cm³/mol. The lowest BCUT2D eigenvalue weighted by atomic mass is 10.1. The van der Waals surface area contributed by atoms with Crippen molar-refractivity contribution in [3.63, 3.8) is 0 Å². The fourth-order valence-electron chi connectivity index (χ4n) is 1.50. The highest BCUT2D eigenvalue weighted by Crippen LogP contribution is 2.24. The molecule has 0 spiro atoms. The second-order valence-electron chi connectivity index (χ2n) is 4.14. The Labute approximate surface area is 132 Å². The zero-order valence-corrected chi connectivity index (χ0v) is 14.4. The summed E-state index contributed by atoms with van der Waals surface area (Å²) in [4.78, 5) is 14.9. The lowest BCUT2D eigenvalue weighted by molar-refractivity contribution is -0.388. The molecule has 1 unspecified atom stereocenters. The second-order valence-corrected chi connectivity index (χ2v) is 5.88. The van der Waals surface area contributed by atoms with Gasteiger partial charge in [0.1, 0.15) is 0 Å². The smallest absolute Gasteiger partial charge is 0.340 e. The number of hydrogen-bond acceptors (Lipinski definition) is 7. The van der Waals surface area contributed by atoms with E-state index < -0.39 is 9.05 Å². The highest BCUT2D eigenvalue weighted by molar-refractivity contribution is 6.52. The summed E-state index contributed by atoms with van der Waals surface area (Å²) in [6, 6.07) is 9.59. The van der Waals surface area contributed by atoms with Gasteiger partial charge in [0.25, 0.3) is 0 Å². The molecule has 0 aromatic heterocycles. The zero-order valence-electron chi connectivity index (χ0n) is 13.4. The van der Waals surface area contributed by atoms with Crippen LogP contribution in [0.4, 0.5) is 0 Å². The monoisotopic (exact) mass is 332 g/mol. The third-order valence-corrected chi connectivity index (χ3v) is 4.03. The standard InChI is InChI=1S/C14H24O7Si/c1-5-15-19-22(20-16-6-2,21-17-7-3)18-13(4)14-11-9-8-10-12-14/h8-13H,5-7H2,1-4H3. The zero-order chi connectivity index (χ0) is 16.3. The van der Waals surface area contributed by atoms with Crippen molar-refractivity contribution in [3.8, 4) is 0 Å². The van der Waals surface area contributed by atoms with E-state index in [1.807, 2.05) is 37.3 Å². The molecule has 0 N–H and O–H groups in total. The average Bonchev–Trinajstić information content (AvgIpc) is 2.56. The highest BCUT2D eigenvalue weighted by Gasteiger charge is 2.53. The molecule has 1 aromatic carbocycles. The van der Waals surface area contributed by atoms with Crippen LogP contribution in [0, 0.1) is 0 Å². The lowest BCUT2D eigenvalue weighted by Gasteiger charge is -2.27. The molecule has 7 nitrogen and oxygen atoms in total. The van der Waals surface area contributed by atoms with Crippen LogP contribution in [0.2, 0.25) is 0 Å². The van der Waals surface area contributed by atoms with Gasteiger partial charge in [0, 0.05) is 0 Å². The summed E-state index contributed by atoms with van der Waals surface area (Å²) in [5.74, 6) is 0. The van der Waals surface area contributed by atoms with Crippen molar-refractivity contribution >= 4 is 9.05 Å². The van der Waals surface area contributed by atoms with E-state index in [0.717, 1.165) is 5.56 Å². The Morgan fingerprint density at radius 2 is 1.27 bits per heavy atom. The van der Waals surface area contributed by atoms with Crippen molar-refractivity contribution in [2.45, 2.75) is 33.8 Å². The fourth-order valence-corrected chi connectivity index (χ4v) is 3.06. The van der Waals surface area contributed by atoms with Gasteiger partial charge in [0.05, 0.1) is 25.9 Å². The van der Waals surface area contributed by atoms with E-state index in [1.165, 1.54) is 0 Å². The van der Waals surface area contributed by atoms with Gasteiger partial charge in [-0.25, -0.2) is 14.7 Å². The van der Waals surface area contributed by atoms with Crippen LogP contribution in [-0.4, -0.2) is 28.9 Å². The summed E-state index contributed by atoms with van der Waals surface area (Å²) in [5, 5.41) is 0. The lowest BCUT2D eigenvalue weighted by Crippen LogP contribution is -2.49. The molecule has 0 bridgehead atoms. The summed E-state index contributed by atoms with van der Waals surface area (Å²) in [5.41, 5.74) is 0.930. The van der Waals surface area contributed by atoms with Gasteiger partial charge >= 0.3 is 9.05 Å². The van der Waals surface area contributed by atoms with Crippen molar-refractivity contribution in [2.75, 3.05) is 19.8 Å². The van der Waals surface area contributed by atoms with Gasteiger partial charge < -0.3 is 4.43 Å². The maximum Gasteiger partial charge on any atom is 0.764 e. The molecule has 22 heavy (non-hydrogen) atoms. The molecule has 0 heterocycles. The van der Waals surface area contributed by atoms with Crippen molar-refractivity contribution in [2.24, 2.45) is 0 Å². The van der Waals surface area contributed by atoms with Crippen LogP contribution in [0.1, 0.15) is 39.4 Å². The maximum absolute atomic E-state index is 5.83.